The number of esters is 2. The van der Waals surface area contributed by atoms with E-state index in [9.17, 15) is 27.6 Å². The van der Waals surface area contributed by atoms with Gasteiger partial charge in [-0.25, -0.2) is 0 Å². The molecule has 3 atom stereocenters. The molecule has 0 N–H and O–H groups in total. The summed E-state index contributed by atoms with van der Waals surface area (Å²) < 4.78 is 50.5. The van der Waals surface area contributed by atoms with Crippen molar-refractivity contribution in [1.82, 2.24) is 9.80 Å². The van der Waals surface area contributed by atoms with E-state index in [1.165, 1.54) is 38.8 Å². The fourth-order valence-electron chi connectivity index (χ4n) is 6.96. The SMILES string of the molecule is CC(=O)Oc1cccc([C@@]23CCN(CC4CC4)C[C@@]2(OC(C)=O)CC[C@H](N(C)C(=O)C#Cc2ccc(C(F)(F)F)cc2)C3)c1. The largest absolute Gasteiger partial charge is 0.457 e. The maximum atomic E-state index is 13.3. The number of hydrogen-bond donors (Lipinski definition) is 0. The van der Waals surface area contributed by atoms with Gasteiger partial charge < -0.3 is 14.4 Å². The Labute approximate surface area is 255 Å². The van der Waals surface area contributed by atoms with Crippen LogP contribution < -0.4 is 4.74 Å². The minimum Gasteiger partial charge on any atom is -0.457 e. The Kier molecular flexibility index (Phi) is 8.81. The van der Waals surface area contributed by atoms with E-state index in [1.54, 1.807) is 18.0 Å². The Balaban J connectivity index is 1.45. The lowest BCUT2D eigenvalue weighted by molar-refractivity contribution is -0.190. The average Bonchev–Trinajstić information content (AvgIpc) is 3.78. The van der Waals surface area contributed by atoms with Crippen LogP contribution in [0.4, 0.5) is 13.2 Å². The fraction of sp³-hybridized carbons (Fsp3) is 0.500. The molecule has 0 spiro atoms. The number of amides is 1. The van der Waals surface area contributed by atoms with Crippen LogP contribution in [0.5, 0.6) is 5.75 Å². The highest BCUT2D eigenvalue weighted by Crippen LogP contribution is 2.55. The molecule has 1 aliphatic heterocycles. The molecule has 1 amide bonds. The second-order valence-corrected chi connectivity index (χ2v) is 12.4. The number of fused-ring (bicyclic) bond motifs is 1. The summed E-state index contributed by atoms with van der Waals surface area (Å²) in [6.07, 6.45) is 0.203. The zero-order chi connectivity index (χ0) is 31.7. The number of alkyl halides is 3. The second kappa shape index (κ2) is 12.3. The van der Waals surface area contributed by atoms with Crippen LogP contribution in [0.1, 0.15) is 69.1 Å². The molecule has 2 aromatic rings. The molecule has 3 fully saturated rings. The van der Waals surface area contributed by atoms with Gasteiger partial charge in [0.15, 0.2) is 0 Å². The van der Waals surface area contributed by atoms with Gasteiger partial charge in [0, 0.05) is 56.9 Å². The Hall–Kier alpha value is -3.84. The van der Waals surface area contributed by atoms with Gasteiger partial charge in [-0.15, -0.1) is 0 Å². The van der Waals surface area contributed by atoms with Gasteiger partial charge in [0.25, 0.3) is 5.91 Å². The van der Waals surface area contributed by atoms with E-state index in [0.717, 1.165) is 30.8 Å². The minimum absolute atomic E-state index is 0.250. The van der Waals surface area contributed by atoms with Crippen LogP contribution in [0.15, 0.2) is 48.5 Å². The minimum atomic E-state index is -4.45. The number of halogens is 3. The van der Waals surface area contributed by atoms with Crippen LogP contribution in [0.2, 0.25) is 0 Å². The van der Waals surface area contributed by atoms with E-state index in [4.69, 9.17) is 9.47 Å². The summed E-state index contributed by atoms with van der Waals surface area (Å²) in [5, 5.41) is 0. The molecular weight excluding hydrogens is 573 g/mol. The van der Waals surface area contributed by atoms with Gasteiger partial charge >= 0.3 is 18.1 Å². The first-order chi connectivity index (χ1) is 20.8. The fourth-order valence-corrected chi connectivity index (χ4v) is 6.96. The van der Waals surface area contributed by atoms with Crippen LogP contribution in [-0.2, 0) is 30.7 Å². The van der Waals surface area contributed by atoms with Crippen molar-refractivity contribution >= 4 is 17.8 Å². The number of carbonyl (C=O) groups is 3. The summed E-state index contributed by atoms with van der Waals surface area (Å²) in [7, 11) is 1.68. The number of hydrogen-bond acceptors (Lipinski definition) is 6. The van der Waals surface area contributed by atoms with Crippen molar-refractivity contribution in [1.29, 1.82) is 0 Å². The first-order valence-electron chi connectivity index (χ1n) is 15.0. The third kappa shape index (κ3) is 6.78. The molecule has 2 aromatic carbocycles. The maximum absolute atomic E-state index is 13.3. The van der Waals surface area contributed by atoms with Gasteiger partial charge in [-0.05, 0) is 92.9 Å². The quantitative estimate of drug-likeness (QED) is 0.250. The van der Waals surface area contributed by atoms with Crippen LogP contribution in [-0.4, -0.2) is 66.0 Å². The monoisotopic (exact) mass is 610 g/mol. The second-order valence-electron chi connectivity index (χ2n) is 12.4. The summed E-state index contributed by atoms with van der Waals surface area (Å²) in [5.41, 5.74) is -1.12. The molecule has 5 rings (SSSR count). The standard InChI is InChI=1S/C34H37F3N2O5/c1-23(40)43-30-6-4-5-28(19-30)32-17-18-39(21-26-7-8-26)22-33(32,44-24(2)41)16-15-29(20-32)38(3)31(42)14-11-25-9-12-27(13-10-25)34(35,36)37/h4-6,9-10,12-13,19,26,29H,7-8,15-18,20-22H2,1-3H3/t29-,32-,33-/m0/s1. The van der Waals surface area contributed by atoms with E-state index in [0.29, 0.717) is 49.5 Å². The van der Waals surface area contributed by atoms with Crippen LogP contribution in [0.3, 0.4) is 0 Å². The zero-order valence-electron chi connectivity index (χ0n) is 25.2. The first kappa shape index (κ1) is 31.6. The van der Waals surface area contributed by atoms with E-state index in [-0.39, 0.29) is 12.0 Å². The third-order valence-electron chi connectivity index (χ3n) is 9.27. The molecule has 0 radical (unpaired) electrons. The van der Waals surface area contributed by atoms with Gasteiger partial charge in [-0.3, -0.25) is 19.3 Å². The molecule has 2 saturated carbocycles. The average molecular weight is 611 g/mol. The summed E-state index contributed by atoms with van der Waals surface area (Å²) >= 11 is 0. The molecular formula is C34H37F3N2O5. The van der Waals surface area contributed by atoms with Crippen molar-refractivity contribution < 1.29 is 37.0 Å². The molecule has 0 unspecified atom stereocenters. The number of nitrogens with zero attached hydrogens (tertiary/aromatic N) is 2. The number of carbonyl (C=O) groups excluding carboxylic acids is 3. The predicted molar refractivity (Wildman–Crippen MR) is 156 cm³/mol. The van der Waals surface area contributed by atoms with Crippen molar-refractivity contribution in [2.45, 2.75) is 75.6 Å². The van der Waals surface area contributed by atoms with Gasteiger partial charge in [0.1, 0.15) is 11.4 Å². The van der Waals surface area contributed by atoms with Crippen molar-refractivity contribution in [3.05, 3.63) is 65.2 Å². The van der Waals surface area contributed by atoms with Crippen molar-refractivity contribution in [2.24, 2.45) is 5.92 Å². The van der Waals surface area contributed by atoms with Gasteiger partial charge in [-0.2, -0.15) is 13.2 Å². The van der Waals surface area contributed by atoms with Crippen LogP contribution in [0.25, 0.3) is 0 Å². The number of rotatable bonds is 6. The molecule has 0 bridgehead atoms. The molecule has 7 nitrogen and oxygen atoms in total. The Morgan fingerprint density at radius 1 is 1.02 bits per heavy atom. The molecule has 10 heteroatoms. The van der Waals surface area contributed by atoms with E-state index < -0.39 is 34.6 Å². The topological polar surface area (TPSA) is 76.2 Å². The maximum Gasteiger partial charge on any atom is 0.416 e. The van der Waals surface area contributed by atoms with Crippen LogP contribution in [0, 0.1) is 17.8 Å². The molecule has 2 aliphatic carbocycles. The third-order valence-corrected chi connectivity index (χ3v) is 9.27. The Morgan fingerprint density at radius 3 is 2.39 bits per heavy atom. The summed E-state index contributed by atoms with van der Waals surface area (Å²) in [5.74, 6) is 5.08. The number of benzene rings is 2. The Bertz CT molecular complexity index is 1480. The van der Waals surface area contributed by atoms with Crippen molar-refractivity contribution in [2.75, 3.05) is 26.7 Å². The smallest absolute Gasteiger partial charge is 0.416 e. The summed E-state index contributed by atoms with van der Waals surface area (Å²) in [4.78, 5) is 41.7. The Morgan fingerprint density at radius 2 is 1.75 bits per heavy atom. The molecule has 1 heterocycles. The van der Waals surface area contributed by atoms with Crippen LogP contribution >= 0.6 is 0 Å². The highest BCUT2D eigenvalue weighted by molar-refractivity contribution is 5.94. The molecule has 1 saturated heterocycles. The first-order valence-corrected chi connectivity index (χ1v) is 15.0. The van der Waals surface area contributed by atoms with Gasteiger partial charge in [-0.1, -0.05) is 18.1 Å². The van der Waals surface area contributed by atoms with E-state index in [2.05, 4.69) is 16.7 Å². The summed E-state index contributed by atoms with van der Waals surface area (Å²) in [6, 6.07) is 11.5. The van der Waals surface area contributed by atoms with E-state index in [1.807, 2.05) is 18.2 Å². The normalized spacial score (nSPS) is 25.2. The van der Waals surface area contributed by atoms with Crippen molar-refractivity contribution in [3.8, 4) is 17.6 Å². The molecule has 0 aromatic heterocycles. The van der Waals surface area contributed by atoms with Crippen molar-refractivity contribution in [3.63, 3.8) is 0 Å². The van der Waals surface area contributed by atoms with E-state index >= 15 is 0 Å². The lowest BCUT2D eigenvalue weighted by Crippen LogP contribution is -2.68. The zero-order valence-corrected chi connectivity index (χ0v) is 25.2. The lowest BCUT2D eigenvalue weighted by atomic mass is 9.55. The molecule has 44 heavy (non-hydrogen) atoms. The summed E-state index contributed by atoms with van der Waals surface area (Å²) in [6.45, 7) is 5.07. The van der Waals surface area contributed by atoms with Gasteiger partial charge in [0.2, 0.25) is 0 Å². The molecule has 3 aliphatic rings. The number of piperidine rings is 1. The highest BCUT2D eigenvalue weighted by Gasteiger charge is 2.61. The number of ether oxygens (including phenoxy) is 2. The van der Waals surface area contributed by atoms with Gasteiger partial charge in [0.05, 0.1) is 5.56 Å². The molecule has 234 valence electrons. The highest BCUT2D eigenvalue weighted by atomic mass is 19.4. The number of likely N-dealkylation sites (tertiary alicyclic amines) is 1. The lowest BCUT2D eigenvalue weighted by Gasteiger charge is -2.60. The predicted octanol–water partition coefficient (Wildman–Crippen LogP) is 5.35.